The number of hydrogen-bond acceptors (Lipinski definition) is 4. The molecule has 1 atom stereocenters. The first-order valence-corrected chi connectivity index (χ1v) is 9.09. The van der Waals surface area contributed by atoms with Crippen LogP contribution in [0.15, 0.2) is 64.5 Å². The first-order chi connectivity index (χ1) is 12.5. The van der Waals surface area contributed by atoms with E-state index in [4.69, 9.17) is 0 Å². The summed E-state index contributed by atoms with van der Waals surface area (Å²) in [6, 6.07) is 14.9. The van der Waals surface area contributed by atoms with Crippen LogP contribution >= 0.6 is 11.8 Å². The molecule has 0 spiro atoms. The fraction of sp³-hybridized carbons (Fsp3) is 0.211. The first-order valence-electron chi connectivity index (χ1n) is 8.21. The molecule has 26 heavy (non-hydrogen) atoms. The summed E-state index contributed by atoms with van der Waals surface area (Å²) >= 11 is 1.35. The molecule has 1 amide bonds. The van der Waals surface area contributed by atoms with Gasteiger partial charge < -0.3 is 5.32 Å². The van der Waals surface area contributed by atoms with Crippen molar-refractivity contribution in [3.8, 4) is 5.69 Å². The highest BCUT2D eigenvalue weighted by Crippen LogP contribution is 2.22. The highest BCUT2D eigenvalue weighted by Gasteiger charge is 2.21. The van der Waals surface area contributed by atoms with Crippen LogP contribution in [-0.2, 0) is 11.8 Å². The van der Waals surface area contributed by atoms with Gasteiger partial charge in [-0.05, 0) is 38.1 Å². The Morgan fingerprint density at radius 2 is 1.85 bits per heavy atom. The third-order valence-corrected chi connectivity index (χ3v) is 5.16. The van der Waals surface area contributed by atoms with Crippen molar-refractivity contribution in [1.29, 1.82) is 0 Å². The van der Waals surface area contributed by atoms with Gasteiger partial charge >= 0.3 is 0 Å². The Morgan fingerprint density at radius 1 is 1.15 bits per heavy atom. The van der Waals surface area contributed by atoms with Crippen molar-refractivity contribution in [3.05, 3.63) is 70.8 Å². The van der Waals surface area contributed by atoms with Crippen molar-refractivity contribution in [2.45, 2.75) is 24.1 Å². The number of para-hydroxylation sites is 1. The van der Waals surface area contributed by atoms with E-state index in [1.807, 2.05) is 55.5 Å². The Hall–Kier alpha value is -2.80. The van der Waals surface area contributed by atoms with Crippen LogP contribution in [0.1, 0.15) is 12.6 Å². The summed E-state index contributed by atoms with van der Waals surface area (Å²) in [5, 5.41) is 3.17. The van der Waals surface area contributed by atoms with Gasteiger partial charge in [0.2, 0.25) is 5.91 Å². The number of benzene rings is 1. The normalized spacial score (nSPS) is 12.0. The molecule has 0 aliphatic rings. The van der Waals surface area contributed by atoms with Crippen LogP contribution in [0.25, 0.3) is 5.69 Å². The standard InChI is InChI=1S/C19H20N4O2S/c1-13-17(19(25)23(22(13)3)15-9-5-4-6-10-15)21-18(24)14(2)26-16-11-7-8-12-20-16/h4-12,14H,1-3H3,(H,21,24)/t14-/m0/s1. The van der Waals surface area contributed by atoms with E-state index in [1.165, 1.54) is 11.8 Å². The Labute approximate surface area is 155 Å². The number of nitrogens with zero attached hydrogens (tertiary/aromatic N) is 3. The van der Waals surface area contributed by atoms with Crippen LogP contribution in [0.4, 0.5) is 5.69 Å². The summed E-state index contributed by atoms with van der Waals surface area (Å²) in [6.45, 7) is 3.61. The molecule has 7 heteroatoms. The molecule has 134 valence electrons. The van der Waals surface area contributed by atoms with Gasteiger partial charge in [-0.25, -0.2) is 9.67 Å². The zero-order chi connectivity index (χ0) is 18.7. The fourth-order valence-electron chi connectivity index (χ4n) is 2.59. The van der Waals surface area contributed by atoms with Crippen molar-refractivity contribution >= 4 is 23.4 Å². The maximum atomic E-state index is 12.8. The minimum Gasteiger partial charge on any atom is -0.319 e. The lowest BCUT2D eigenvalue weighted by Gasteiger charge is -2.10. The van der Waals surface area contributed by atoms with Crippen molar-refractivity contribution in [3.63, 3.8) is 0 Å². The van der Waals surface area contributed by atoms with E-state index in [2.05, 4.69) is 10.3 Å². The van der Waals surface area contributed by atoms with Crippen molar-refractivity contribution in [2.24, 2.45) is 7.05 Å². The first kappa shape index (κ1) is 18.0. The van der Waals surface area contributed by atoms with Crippen LogP contribution in [0.3, 0.4) is 0 Å². The molecule has 1 N–H and O–H groups in total. The SMILES string of the molecule is Cc1c(NC(=O)[C@H](C)Sc2ccccn2)c(=O)n(-c2ccccc2)n1C. The lowest BCUT2D eigenvalue weighted by atomic mass is 10.3. The predicted molar refractivity (Wildman–Crippen MR) is 104 cm³/mol. The van der Waals surface area contributed by atoms with Gasteiger partial charge in [0.25, 0.3) is 5.56 Å². The molecule has 0 aliphatic carbocycles. The molecule has 2 heterocycles. The second-order valence-electron chi connectivity index (χ2n) is 5.85. The second kappa shape index (κ2) is 7.61. The van der Waals surface area contributed by atoms with Crippen molar-refractivity contribution < 1.29 is 4.79 Å². The number of nitrogens with one attached hydrogen (secondary N) is 1. The van der Waals surface area contributed by atoms with Gasteiger partial charge in [0.05, 0.1) is 21.7 Å². The smallest absolute Gasteiger partial charge is 0.295 e. The Morgan fingerprint density at radius 3 is 2.50 bits per heavy atom. The Balaban J connectivity index is 1.84. The second-order valence-corrected chi connectivity index (χ2v) is 7.21. The zero-order valence-corrected chi connectivity index (χ0v) is 15.7. The van der Waals surface area contributed by atoms with E-state index >= 15 is 0 Å². The summed E-state index contributed by atoms with van der Waals surface area (Å²) in [5.74, 6) is -0.230. The molecule has 6 nitrogen and oxygen atoms in total. The number of hydrogen-bond donors (Lipinski definition) is 1. The molecular formula is C19H20N4O2S. The van der Waals surface area contributed by atoms with E-state index in [0.29, 0.717) is 11.4 Å². The van der Waals surface area contributed by atoms with E-state index in [1.54, 1.807) is 29.5 Å². The summed E-state index contributed by atoms with van der Waals surface area (Å²) in [7, 11) is 1.80. The number of anilines is 1. The Kier molecular flexibility index (Phi) is 5.27. The van der Waals surface area contributed by atoms with Gasteiger partial charge in [0.1, 0.15) is 5.69 Å². The molecule has 2 aromatic heterocycles. The molecule has 1 aromatic carbocycles. The van der Waals surface area contributed by atoms with Crippen LogP contribution in [-0.4, -0.2) is 25.5 Å². The molecule has 0 fully saturated rings. The number of carbonyl (C=O) groups is 1. The molecular weight excluding hydrogens is 348 g/mol. The number of pyridine rings is 1. The number of rotatable bonds is 5. The maximum Gasteiger partial charge on any atom is 0.295 e. The van der Waals surface area contributed by atoms with Crippen LogP contribution in [0.5, 0.6) is 0 Å². The maximum absolute atomic E-state index is 12.8. The topological polar surface area (TPSA) is 68.9 Å². The van der Waals surface area contributed by atoms with Gasteiger partial charge in [-0.3, -0.25) is 14.3 Å². The van der Waals surface area contributed by atoms with Crippen LogP contribution in [0.2, 0.25) is 0 Å². The van der Waals surface area contributed by atoms with E-state index in [0.717, 1.165) is 10.7 Å². The highest BCUT2D eigenvalue weighted by molar-refractivity contribution is 8.00. The third-order valence-electron chi connectivity index (χ3n) is 4.11. The molecule has 3 aromatic rings. The van der Waals surface area contributed by atoms with E-state index in [9.17, 15) is 9.59 Å². The summed E-state index contributed by atoms with van der Waals surface area (Å²) in [4.78, 5) is 29.6. The average molecular weight is 368 g/mol. The molecule has 0 aliphatic heterocycles. The summed E-state index contributed by atoms with van der Waals surface area (Å²) in [6.07, 6.45) is 1.69. The Bertz CT molecular complexity index is 964. The lowest BCUT2D eigenvalue weighted by Crippen LogP contribution is -2.27. The third kappa shape index (κ3) is 3.57. The van der Waals surface area contributed by atoms with E-state index < -0.39 is 0 Å². The molecule has 0 saturated heterocycles. The number of aromatic nitrogens is 3. The average Bonchev–Trinajstić information content (AvgIpc) is 2.86. The molecule has 0 saturated carbocycles. The number of thioether (sulfide) groups is 1. The quantitative estimate of drug-likeness (QED) is 0.703. The summed E-state index contributed by atoms with van der Waals surface area (Å²) < 4.78 is 3.28. The van der Waals surface area contributed by atoms with Crippen molar-refractivity contribution in [1.82, 2.24) is 14.3 Å². The monoisotopic (exact) mass is 368 g/mol. The molecule has 0 bridgehead atoms. The molecule has 0 unspecified atom stereocenters. The van der Waals surface area contributed by atoms with Gasteiger partial charge in [0.15, 0.2) is 0 Å². The van der Waals surface area contributed by atoms with Gasteiger partial charge in [-0.2, -0.15) is 0 Å². The largest absolute Gasteiger partial charge is 0.319 e. The summed E-state index contributed by atoms with van der Waals surface area (Å²) in [5.41, 5.74) is 1.50. The van der Waals surface area contributed by atoms with Gasteiger partial charge in [-0.1, -0.05) is 36.0 Å². The fourth-order valence-corrected chi connectivity index (χ4v) is 3.40. The molecule has 0 radical (unpaired) electrons. The minimum atomic E-state index is -0.380. The lowest BCUT2D eigenvalue weighted by molar-refractivity contribution is -0.115. The van der Waals surface area contributed by atoms with Crippen LogP contribution < -0.4 is 10.9 Å². The van der Waals surface area contributed by atoms with Crippen LogP contribution in [0, 0.1) is 6.92 Å². The molecule has 3 rings (SSSR count). The highest BCUT2D eigenvalue weighted by atomic mass is 32.2. The van der Waals surface area contributed by atoms with E-state index in [-0.39, 0.29) is 16.7 Å². The van der Waals surface area contributed by atoms with Crippen molar-refractivity contribution in [2.75, 3.05) is 5.32 Å². The van der Waals surface area contributed by atoms with Gasteiger partial charge in [-0.15, -0.1) is 0 Å². The predicted octanol–water partition coefficient (Wildman–Crippen LogP) is 3.00. The zero-order valence-electron chi connectivity index (χ0n) is 14.8. The number of carbonyl (C=O) groups excluding carboxylic acids is 1. The van der Waals surface area contributed by atoms with Gasteiger partial charge in [0, 0.05) is 13.2 Å². The number of amides is 1. The minimum absolute atomic E-state index is 0.230.